The van der Waals surface area contributed by atoms with Crippen LogP contribution in [0.15, 0.2) is 0 Å². The van der Waals surface area contributed by atoms with E-state index < -0.39 is 5.60 Å². The highest BCUT2D eigenvalue weighted by Crippen LogP contribution is 2.13. The number of methoxy groups -OCH3 is 1. The van der Waals surface area contributed by atoms with Crippen molar-refractivity contribution < 1.29 is 24.5 Å². The Labute approximate surface area is 101 Å². The molecule has 0 bridgehead atoms. The highest BCUT2D eigenvalue weighted by atomic mass is 16.5. The summed E-state index contributed by atoms with van der Waals surface area (Å²) in [5.74, 6) is -0.611. The Kier molecular flexibility index (Phi) is 7.49. The summed E-state index contributed by atoms with van der Waals surface area (Å²) in [4.78, 5) is 22.1. The van der Waals surface area contributed by atoms with Crippen molar-refractivity contribution in [3.8, 4) is 0 Å². The lowest BCUT2D eigenvalue weighted by molar-refractivity contribution is -0.140. The van der Waals surface area contributed by atoms with Crippen molar-refractivity contribution >= 4 is 11.9 Å². The van der Waals surface area contributed by atoms with E-state index in [4.69, 9.17) is 5.11 Å². The lowest BCUT2D eigenvalue weighted by atomic mass is 9.98. The zero-order valence-corrected chi connectivity index (χ0v) is 10.4. The number of aliphatic hydroxyl groups excluding tert-OH is 1. The Morgan fingerprint density at radius 2 is 2.06 bits per heavy atom. The largest absolute Gasteiger partial charge is 0.469 e. The highest BCUT2D eigenvalue weighted by Gasteiger charge is 2.23. The Bertz CT molecular complexity index is 252. The van der Waals surface area contributed by atoms with Gasteiger partial charge < -0.3 is 20.3 Å². The van der Waals surface area contributed by atoms with Crippen LogP contribution in [-0.4, -0.2) is 48.0 Å². The molecule has 0 aliphatic heterocycles. The predicted octanol–water partition coefficient (Wildman–Crippen LogP) is -0.421. The SMILES string of the molecule is COC(=O)CCCNC(=O)CC(C)(O)CCO. The molecule has 100 valence electrons. The van der Waals surface area contributed by atoms with Gasteiger partial charge in [0.15, 0.2) is 0 Å². The van der Waals surface area contributed by atoms with Crippen LogP contribution in [0.1, 0.15) is 32.6 Å². The summed E-state index contributed by atoms with van der Waals surface area (Å²) in [5.41, 5.74) is -1.19. The number of hydrogen-bond donors (Lipinski definition) is 3. The van der Waals surface area contributed by atoms with Crippen LogP contribution in [0.25, 0.3) is 0 Å². The molecule has 0 heterocycles. The standard InChI is InChI=1S/C11H21NO5/c1-11(16,5-7-13)8-9(14)12-6-3-4-10(15)17-2/h13,16H,3-8H2,1-2H3,(H,12,14). The van der Waals surface area contributed by atoms with Gasteiger partial charge >= 0.3 is 5.97 Å². The van der Waals surface area contributed by atoms with E-state index in [1.165, 1.54) is 14.0 Å². The van der Waals surface area contributed by atoms with E-state index in [-0.39, 0.29) is 37.7 Å². The van der Waals surface area contributed by atoms with Crippen molar-refractivity contribution in [1.29, 1.82) is 0 Å². The fraction of sp³-hybridized carbons (Fsp3) is 0.818. The molecule has 0 saturated heterocycles. The molecule has 0 aromatic heterocycles. The third-order valence-electron chi connectivity index (χ3n) is 2.30. The molecule has 17 heavy (non-hydrogen) atoms. The van der Waals surface area contributed by atoms with E-state index in [1.807, 2.05) is 0 Å². The van der Waals surface area contributed by atoms with Crippen LogP contribution in [0.5, 0.6) is 0 Å². The fourth-order valence-corrected chi connectivity index (χ4v) is 1.30. The van der Waals surface area contributed by atoms with Crippen LogP contribution in [-0.2, 0) is 14.3 Å². The Hall–Kier alpha value is -1.14. The molecule has 0 rings (SSSR count). The van der Waals surface area contributed by atoms with Crippen molar-refractivity contribution in [2.45, 2.75) is 38.2 Å². The van der Waals surface area contributed by atoms with Crippen molar-refractivity contribution in [2.75, 3.05) is 20.3 Å². The third kappa shape index (κ3) is 8.65. The van der Waals surface area contributed by atoms with Gasteiger partial charge in [-0.3, -0.25) is 9.59 Å². The van der Waals surface area contributed by atoms with Crippen LogP contribution in [0.3, 0.4) is 0 Å². The van der Waals surface area contributed by atoms with Crippen LogP contribution in [0.4, 0.5) is 0 Å². The van der Waals surface area contributed by atoms with Crippen LogP contribution in [0, 0.1) is 0 Å². The van der Waals surface area contributed by atoms with Gasteiger partial charge in [-0.2, -0.15) is 0 Å². The van der Waals surface area contributed by atoms with Crippen LogP contribution >= 0.6 is 0 Å². The van der Waals surface area contributed by atoms with E-state index in [1.54, 1.807) is 0 Å². The number of amides is 1. The molecular formula is C11H21NO5. The Morgan fingerprint density at radius 1 is 1.41 bits per heavy atom. The quantitative estimate of drug-likeness (QED) is 0.400. The molecule has 1 unspecified atom stereocenters. The zero-order chi connectivity index (χ0) is 13.3. The molecular weight excluding hydrogens is 226 g/mol. The molecule has 0 saturated carbocycles. The third-order valence-corrected chi connectivity index (χ3v) is 2.30. The minimum atomic E-state index is -1.19. The van der Waals surface area contributed by atoms with E-state index in [2.05, 4.69) is 10.1 Å². The smallest absolute Gasteiger partial charge is 0.305 e. The molecule has 0 aromatic rings. The molecule has 0 aliphatic carbocycles. The van der Waals surface area contributed by atoms with Crippen molar-refractivity contribution in [1.82, 2.24) is 5.32 Å². The number of nitrogens with one attached hydrogen (secondary N) is 1. The average molecular weight is 247 g/mol. The van der Waals surface area contributed by atoms with Crippen LogP contribution < -0.4 is 5.32 Å². The second-order valence-corrected chi connectivity index (χ2v) is 4.18. The van der Waals surface area contributed by atoms with E-state index in [0.717, 1.165) is 0 Å². The zero-order valence-electron chi connectivity index (χ0n) is 10.4. The van der Waals surface area contributed by atoms with Gasteiger partial charge in [0.05, 0.1) is 19.1 Å². The molecule has 3 N–H and O–H groups in total. The maximum absolute atomic E-state index is 11.4. The topological polar surface area (TPSA) is 95.9 Å². The molecule has 0 spiro atoms. The molecule has 1 amide bonds. The first-order valence-electron chi connectivity index (χ1n) is 5.58. The van der Waals surface area contributed by atoms with E-state index >= 15 is 0 Å². The number of esters is 1. The number of hydrogen-bond acceptors (Lipinski definition) is 5. The van der Waals surface area contributed by atoms with Gasteiger partial charge in [-0.15, -0.1) is 0 Å². The maximum atomic E-state index is 11.4. The van der Waals surface area contributed by atoms with Crippen LogP contribution in [0.2, 0.25) is 0 Å². The Balaban J connectivity index is 3.69. The first-order valence-corrected chi connectivity index (χ1v) is 5.58. The van der Waals surface area contributed by atoms with E-state index in [9.17, 15) is 14.7 Å². The van der Waals surface area contributed by atoms with Gasteiger partial charge in [-0.1, -0.05) is 0 Å². The summed E-state index contributed by atoms with van der Waals surface area (Å²) in [6.45, 7) is 1.70. The number of carbonyl (C=O) groups excluding carboxylic acids is 2. The average Bonchev–Trinajstić information content (AvgIpc) is 2.23. The predicted molar refractivity (Wildman–Crippen MR) is 61.2 cm³/mol. The van der Waals surface area contributed by atoms with Gasteiger partial charge in [0.2, 0.25) is 5.91 Å². The van der Waals surface area contributed by atoms with Gasteiger partial charge in [-0.05, 0) is 19.8 Å². The molecule has 0 radical (unpaired) electrons. The van der Waals surface area contributed by atoms with Crippen molar-refractivity contribution in [3.63, 3.8) is 0 Å². The summed E-state index contributed by atoms with van der Waals surface area (Å²) in [6, 6.07) is 0. The molecule has 0 fully saturated rings. The number of aliphatic hydroxyl groups is 2. The van der Waals surface area contributed by atoms with Crippen molar-refractivity contribution in [3.05, 3.63) is 0 Å². The summed E-state index contributed by atoms with van der Waals surface area (Å²) in [7, 11) is 1.31. The van der Waals surface area contributed by atoms with Crippen molar-refractivity contribution in [2.24, 2.45) is 0 Å². The normalized spacial score (nSPS) is 13.9. The summed E-state index contributed by atoms with van der Waals surface area (Å²) >= 11 is 0. The van der Waals surface area contributed by atoms with Gasteiger partial charge in [0, 0.05) is 19.6 Å². The van der Waals surface area contributed by atoms with E-state index in [0.29, 0.717) is 13.0 Å². The highest BCUT2D eigenvalue weighted by molar-refractivity contribution is 5.77. The minimum Gasteiger partial charge on any atom is -0.469 e. The molecule has 6 heteroatoms. The number of ether oxygens (including phenoxy) is 1. The summed E-state index contributed by atoms with van der Waals surface area (Å²) in [5, 5.41) is 20.9. The fourth-order valence-electron chi connectivity index (χ4n) is 1.30. The number of carbonyl (C=O) groups is 2. The van der Waals surface area contributed by atoms with Gasteiger partial charge in [0.25, 0.3) is 0 Å². The minimum absolute atomic E-state index is 0.0637. The first kappa shape index (κ1) is 15.9. The molecule has 0 aromatic carbocycles. The summed E-state index contributed by atoms with van der Waals surface area (Å²) < 4.78 is 4.45. The molecule has 1 atom stereocenters. The maximum Gasteiger partial charge on any atom is 0.305 e. The lowest BCUT2D eigenvalue weighted by Crippen LogP contribution is -2.35. The second kappa shape index (κ2) is 8.03. The molecule has 0 aliphatic rings. The lowest BCUT2D eigenvalue weighted by Gasteiger charge is -2.21. The monoisotopic (exact) mass is 247 g/mol. The Morgan fingerprint density at radius 3 is 2.59 bits per heavy atom. The first-order chi connectivity index (χ1) is 7.91. The number of rotatable bonds is 8. The second-order valence-electron chi connectivity index (χ2n) is 4.18. The van der Waals surface area contributed by atoms with Gasteiger partial charge in [0.1, 0.15) is 0 Å². The summed E-state index contributed by atoms with van der Waals surface area (Å²) in [6.07, 6.45) is 0.846. The van der Waals surface area contributed by atoms with Gasteiger partial charge in [-0.25, -0.2) is 0 Å². The molecule has 6 nitrogen and oxygen atoms in total.